The van der Waals surface area contributed by atoms with Crippen LogP contribution in [0.4, 0.5) is 11.4 Å². The van der Waals surface area contributed by atoms with Gasteiger partial charge in [0.05, 0.1) is 25.6 Å². The van der Waals surface area contributed by atoms with E-state index >= 15 is 0 Å². The summed E-state index contributed by atoms with van der Waals surface area (Å²) in [6.45, 7) is 2.22. The number of anilines is 2. The Labute approximate surface area is 205 Å². The van der Waals surface area contributed by atoms with E-state index in [4.69, 9.17) is 9.47 Å². The molecule has 7 heteroatoms. The Bertz CT molecular complexity index is 1080. The summed E-state index contributed by atoms with van der Waals surface area (Å²) in [7, 11) is 3.12. The second-order valence-corrected chi connectivity index (χ2v) is 10.3. The molecule has 0 radical (unpaired) electrons. The summed E-state index contributed by atoms with van der Waals surface area (Å²) in [5.74, 6) is 0.462. The molecule has 0 bridgehead atoms. The van der Waals surface area contributed by atoms with E-state index in [0.29, 0.717) is 28.8 Å². The molecule has 2 aromatic rings. The van der Waals surface area contributed by atoms with E-state index in [1.54, 1.807) is 37.3 Å². The highest BCUT2D eigenvalue weighted by molar-refractivity contribution is 7.15. The predicted molar refractivity (Wildman–Crippen MR) is 136 cm³/mol. The number of thiophene rings is 1. The van der Waals surface area contributed by atoms with Gasteiger partial charge in [0.25, 0.3) is 0 Å². The summed E-state index contributed by atoms with van der Waals surface area (Å²) < 4.78 is 10.9. The summed E-state index contributed by atoms with van der Waals surface area (Å²) >= 11 is 1.26. The van der Waals surface area contributed by atoms with Crippen molar-refractivity contribution in [1.82, 2.24) is 0 Å². The molecule has 2 aliphatic carbocycles. The van der Waals surface area contributed by atoms with Gasteiger partial charge >= 0.3 is 5.97 Å². The Morgan fingerprint density at radius 1 is 1.03 bits per heavy atom. The predicted octanol–water partition coefficient (Wildman–Crippen LogP) is 6.91. The number of ether oxygens (including phenoxy) is 2. The normalized spacial score (nSPS) is 20.4. The Hall–Kier alpha value is -2.80. The summed E-state index contributed by atoms with van der Waals surface area (Å²) in [6.07, 6.45) is 10.0. The molecule has 182 valence electrons. The molecule has 1 aromatic carbocycles. The van der Waals surface area contributed by atoms with Gasteiger partial charge in [-0.05, 0) is 81.1 Å². The number of rotatable bonds is 7. The molecule has 0 aliphatic heterocycles. The summed E-state index contributed by atoms with van der Waals surface area (Å²) in [4.78, 5) is 29.0. The van der Waals surface area contributed by atoms with E-state index in [9.17, 15) is 14.7 Å². The number of nitrogens with zero attached hydrogens (tertiary/aromatic N) is 1. The van der Waals surface area contributed by atoms with Crippen molar-refractivity contribution in [2.45, 2.75) is 58.3 Å². The number of aromatic carboxylic acids is 1. The number of methoxy groups -OCH3 is 2. The van der Waals surface area contributed by atoms with Crippen molar-refractivity contribution in [3.8, 4) is 11.5 Å². The summed E-state index contributed by atoms with van der Waals surface area (Å²) in [5, 5.41) is 10.1. The number of hydrogen-bond donors (Lipinski definition) is 1. The molecule has 2 aliphatic rings. The lowest BCUT2D eigenvalue weighted by Crippen LogP contribution is -2.35. The van der Waals surface area contributed by atoms with Gasteiger partial charge in [0.2, 0.25) is 5.91 Å². The van der Waals surface area contributed by atoms with Crippen LogP contribution in [0.3, 0.4) is 0 Å². The van der Waals surface area contributed by atoms with Crippen LogP contribution in [-0.2, 0) is 4.79 Å². The molecule has 1 aromatic heterocycles. The van der Waals surface area contributed by atoms with Crippen LogP contribution in [-0.4, -0.2) is 31.2 Å². The van der Waals surface area contributed by atoms with E-state index in [-0.39, 0.29) is 16.7 Å². The molecule has 6 nitrogen and oxygen atoms in total. The lowest BCUT2D eigenvalue weighted by atomic mass is 9.82. The number of carboxylic acids is 1. The zero-order valence-electron chi connectivity index (χ0n) is 20.1. The lowest BCUT2D eigenvalue weighted by Gasteiger charge is -2.31. The first-order chi connectivity index (χ1) is 16.4. The van der Waals surface area contributed by atoms with Gasteiger partial charge in [-0.15, -0.1) is 11.3 Å². The highest BCUT2D eigenvalue weighted by Gasteiger charge is 2.33. The molecule has 1 saturated carbocycles. The van der Waals surface area contributed by atoms with Crippen LogP contribution in [0.25, 0.3) is 5.57 Å². The fourth-order valence-electron chi connectivity index (χ4n) is 4.96. The first-order valence-corrected chi connectivity index (χ1v) is 12.9. The molecule has 1 fully saturated rings. The maximum absolute atomic E-state index is 14.0. The third kappa shape index (κ3) is 4.99. The van der Waals surface area contributed by atoms with Gasteiger partial charge in [0.15, 0.2) is 11.5 Å². The van der Waals surface area contributed by atoms with Crippen molar-refractivity contribution in [3.05, 3.63) is 40.1 Å². The SMILES string of the molecule is COc1ccc(N(C(=O)C2CCC(C)CC2)c2cc(C3=CCCCC3)sc2C(=O)O)cc1OC. The molecule has 1 amide bonds. The monoisotopic (exact) mass is 483 g/mol. The first-order valence-electron chi connectivity index (χ1n) is 12.1. The third-order valence-corrected chi connectivity index (χ3v) is 8.15. The van der Waals surface area contributed by atoms with Crippen molar-refractivity contribution >= 4 is 40.2 Å². The summed E-state index contributed by atoms with van der Waals surface area (Å²) in [6, 6.07) is 7.21. The molecule has 1 N–H and O–H groups in total. The van der Waals surface area contributed by atoms with E-state index in [2.05, 4.69) is 13.0 Å². The molecule has 0 atom stereocenters. The molecular weight excluding hydrogens is 450 g/mol. The number of amides is 1. The van der Waals surface area contributed by atoms with Crippen LogP contribution in [0.2, 0.25) is 0 Å². The highest BCUT2D eigenvalue weighted by Crippen LogP contribution is 2.43. The molecular formula is C27H33NO5S. The van der Waals surface area contributed by atoms with Crippen LogP contribution in [0, 0.1) is 11.8 Å². The Morgan fingerprint density at radius 2 is 1.76 bits per heavy atom. The fourth-order valence-corrected chi connectivity index (χ4v) is 6.01. The second-order valence-electron chi connectivity index (χ2n) is 9.28. The minimum absolute atomic E-state index is 0.0522. The minimum Gasteiger partial charge on any atom is -0.493 e. The van der Waals surface area contributed by atoms with E-state index in [1.807, 2.05) is 6.07 Å². The van der Waals surface area contributed by atoms with Gasteiger partial charge < -0.3 is 14.6 Å². The number of allylic oxidation sites excluding steroid dienone is 2. The number of carbonyl (C=O) groups excluding carboxylic acids is 1. The third-order valence-electron chi connectivity index (χ3n) is 6.97. The van der Waals surface area contributed by atoms with Crippen LogP contribution in [0.15, 0.2) is 30.3 Å². The largest absolute Gasteiger partial charge is 0.493 e. The average Bonchev–Trinajstić information content (AvgIpc) is 3.30. The van der Waals surface area contributed by atoms with Crippen molar-refractivity contribution in [2.75, 3.05) is 19.1 Å². The van der Waals surface area contributed by atoms with Gasteiger partial charge in [-0.3, -0.25) is 9.69 Å². The minimum atomic E-state index is -1.02. The smallest absolute Gasteiger partial charge is 0.348 e. The number of carboxylic acid groups (broad SMARTS) is 1. The van der Waals surface area contributed by atoms with Gasteiger partial charge in [0, 0.05) is 16.9 Å². The molecule has 1 heterocycles. The zero-order valence-corrected chi connectivity index (χ0v) is 21.0. The van der Waals surface area contributed by atoms with E-state index in [0.717, 1.165) is 56.2 Å². The van der Waals surface area contributed by atoms with E-state index < -0.39 is 5.97 Å². The van der Waals surface area contributed by atoms with Crippen molar-refractivity contribution in [2.24, 2.45) is 11.8 Å². The number of hydrogen-bond acceptors (Lipinski definition) is 5. The van der Waals surface area contributed by atoms with Crippen molar-refractivity contribution in [1.29, 1.82) is 0 Å². The highest BCUT2D eigenvalue weighted by atomic mass is 32.1. The molecule has 0 spiro atoms. The maximum Gasteiger partial charge on any atom is 0.348 e. The van der Waals surface area contributed by atoms with Crippen LogP contribution >= 0.6 is 11.3 Å². The second kappa shape index (κ2) is 10.6. The topological polar surface area (TPSA) is 76.1 Å². The van der Waals surface area contributed by atoms with Gasteiger partial charge in [-0.1, -0.05) is 13.0 Å². The summed E-state index contributed by atoms with van der Waals surface area (Å²) in [5.41, 5.74) is 2.21. The number of benzene rings is 1. The number of carbonyl (C=O) groups is 2. The quantitative estimate of drug-likeness (QED) is 0.463. The standard InChI is InChI=1S/C27H33NO5S/c1-17-9-11-19(12-10-17)26(29)28(20-13-14-22(32-2)23(15-20)33-3)21-16-24(34-25(21)27(30)31)18-7-5-4-6-8-18/h7,13-17,19H,4-6,8-12H2,1-3H3,(H,30,31). The van der Waals surface area contributed by atoms with Gasteiger partial charge in [-0.25, -0.2) is 4.79 Å². The van der Waals surface area contributed by atoms with Gasteiger partial charge in [-0.2, -0.15) is 0 Å². The molecule has 0 unspecified atom stereocenters. The lowest BCUT2D eigenvalue weighted by molar-refractivity contribution is -0.122. The fraction of sp³-hybridized carbons (Fsp3) is 0.481. The molecule has 34 heavy (non-hydrogen) atoms. The van der Waals surface area contributed by atoms with Crippen LogP contribution in [0.1, 0.15) is 72.8 Å². The average molecular weight is 484 g/mol. The zero-order chi connectivity index (χ0) is 24.2. The van der Waals surface area contributed by atoms with Crippen LogP contribution in [0.5, 0.6) is 11.5 Å². The van der Waals surface area contributed by atoms with Crippen LogP contribution < -0.4 is 14.4 Å². The molecule has 4 rings (SSSR count). The Morgan fingerprint density at radius 3 is 2.38 bits per heavy atom. The Kier molecular flexibility index (Phi) is 7.61. The van der Waals surface area contributed by atoms with E-state index in [1.165, 1.54) is 16.9 Å². The van der Waals surface area contributed by atoms with Crippen molar-refractivity contribution < 1.29 is 24.2 Å². The Balaban J connectivity index is 1.82. The maximum atomic E-state index is 14.0. The first kappa shape index (κ1) is 24.3. The molecule has 0 saturated heterocycles. The van der Waals surface area contributed by atoms with Gasteiger partial charge in [0.1, 0.15) is 4.88 Å². The van der Waals surface area contributed by atoms with Crippen molar-refractivity contribution in [3.63, 3.8) is 0 Å².